The Bertz CT molecular complexity index is 767. The van der Waals surface area contributed by atoms with Gasteiger partial charge in [-0.05, 0) is 32.4 Å². The summed E-state index contributed by atoms with van der Waals surface area (Å²) < 4.78 is 54.8. The predicted molar refractivity (Wildman–Crippen MR) is 100 cm³/mol. The number of ether oxygens (including phenoxy) is 3. The molecular weight excluding hydrogens is 405 g/mol. The highest BCUT2D eigenvalue weighted by Crippen LogP contribution is 2.33. The van der Waals surface area contributed by atoms with Crippen molar-refractivity contribution >= 4 is 6.09 Å². The number of aliphatic hydroxyl groups is 1. The van der Waals surface area contributed by atoms with E-state index in [2.05, 4.69) is 4.98 Å². The molecule has 2 fully saturated rings. The second-order valence-corrected chi connectivity index (χ2v) is 8.79. The second kappa shape index (κ2) is 8.22. The summed E-state index contributed by atoms with van der Waals surface area (Å²) >= 11 is 0. The van der Waals surface area contributed by atoms with Crippen LogP contribution in [-0.2, 0) is 21.5 Å². The SMILES string of the molecule is CC(C)(C)OC(=O)N1CCC(Oc2cc(C3(O)COC3)cc(CC(F)(F)F)n2)CC1. The van der Waals surface area contributed by atoms with Crippen LogP contribution < -0.4 is 4.74 Å². The fourth-order valence-corrected chi connectivity index (χ4v) is 3.30. The molecule has 1 amide bonds. The molecule has 0 bridgehead atoms. The van der Waals surface area contributed by atoms with E-state index in [9.17, 15) is 23.1 Å². The zero-order chi connectivity index (χ0) is 22.2. The van der Waals surface area contributed by atoms with E-state index >= 15 is 0 Å². The number of likely N-dealkylation sites (tertiary alicyclic amines) is 1. The first-order chi connectivity index (χ1) is 13.8. The van der Waals surface area contributed by atoms with Gasteiger partial charge in [-0.1, -0.05) is 0 Å². The third-order valence-corrected chi connectivity index (χ3v) is 4.84. The molecule has 0 atom stereocenters. The van der Waals surface area contributed by atoms with Gasteiger partial charge in [0, 0.05) is 32.0 Å². The van der Waals surface area contributed by atoms with Crippen molar-refractivity contribution < 1.29 is 37.3 Å². The predicted octanol–water partition coefficient (Wildman–Crippen LogP) is 3.18. The lowest BCUT2D eigenvalue weighted by Gasteiger charge is -2.37. The van der Waals surface area contributed by atoms with Gasteiger partial charge in [0.15, 0.2) is 0 Å². The molecule has 30 heavy (non-hydrogen) atoms. The highest BCUT2D eigenvalue weighted by atomic mass is 19.4. The molecule has 0 aliphatic carbocycles. The molecule has 0 spiro atoms. The average Bonchev–Trinajstić information content (AvgIpc) is 2.57. The number of piperidine rings is 1. The van der Waals surface area contributed by atoms with Gasteiger partial charge in [-0.3, -0.25) is 0 Å². The Morgan fingerprint density at radius 3 is 2.40 bits per heavy atom. The van der Waals surface area contributed by atoms with Crippen LogP contribution in [0.4, 0.5) is 18.0 Å². The van der Waals surface area contributed by atoms with Crippen molar-refractivity contribution in [1.29, 1.82) is 0 Å². The Kier molecular flexibility index (Phi) is 6.20. The Hall–Kier alpha value is -2.07. The van der Waals surface area contributed by atoms with Gasteiger partial charge in [0.2, 0.25) is 5.88 Å². The third-order valence-electron chi connectivity index (χ3n) is 4.84. The van der Waals surface area contributed by atoms with E-state index in [4.69, 9.17) is 14.2 Å². The van der Waals surface area contributed by atoms with E-state index in [1.807, 2.05) is 0 Å². The summed E-state index contributed by atoms with van der Waals surface area (Å²) in [6.45, 7) is 6.21. The Balaban J connectivity index is 1.67. The molecule has 0 radical (unpaired) electrons. The molecule has 10 heteroatoms. The maximum absolute atomic E-state index is 12.9. The Labute approximate surface area is 173 Å². The zero-order valence-electron chi connectivity index (χ0n) is 17.3. The molecule has 168 valence electrons. The molecule has 3 rings (SSSR count). The first-order valence-electron chi connectivity index (χ1n) is 9.86. The van der Waals surface area contributed by atoms with Gasteiger partial charge in [0.1, 0.15) is 17.3 Å². The molecule has 2 aliphatic heterocycles. The number of hydrogen-bond donors (Lipinski definition) is 1. The molecule has 2 saturated heterocycles. The summed E-state index contributed by atoms with van der Waals surface area (Å²) in [6, 6.07) is 2.70. The van der Waals surface area contributed by atoms with Crippen molar-refractivity contribution in [3.63, 3.8) is 0 Å². The van der Waals surface area contributed by atoms with Crippen LogP contribution in [0, 0.1) is 0 Å². The van der Waals surface area contributed by atoms with E-state index < -0.39 is 29.9 Å². The van der Waals surface area contributed by atoms with E-state index in [1.165, 1.54) is 12.1 Å². The van der Waals surface area contributed by atoms with Crippen molar-refractivity contribution in [1.82, 2.24) is 9.88 Å². The van der Waals surface area contributed by atoms with Gasteiger partial charge in [-0.25, -0.2) is 9.78 Å². The molecule has 1 N–H and O–H groups in total. The maximum atomic E-state index is 12.9. The van der Waals surface area contributed by atoms with Gasteiger partial charge in [-0.2, -0.15) is 13.2 Å². The van der Waals surface area contributed by atoms with Crippen LogP contribution in [0.5, 0.6) is 5.88 Å². The van der Waals surface area contributed by atoms with Crippen LogP contribution in [0.3, 0.4) is 0 Å². The molecule has 0 aromatic carbocycles. The van der Waals surface area contributed by atoms with Gasteiger partial charge in [0.05, 0.1) is 25.3 Å². The van der Waals surface area contributed by atoms with Gasteiger partial charge < -0.3 is 24.2 Å². The molecule has 0 saturated carbocycles. The fourth-order valence-electron chi connectivity index (χ4n) is 3.30. The second-order valence-electron chi connectivity index (χ2n) is 8.79. The van der Waals surface area contributed by atoms with Gasteiger partial charge >= 0.3 is 12.3 Å². The summed E-state index contributed by atoms with van der Waals surface area (Å²) in [6.07, 6.45) is -5.37. The number of rotatable bonds is 4. The van der Waals surface area contributed by atoms with Crippen LogP contribution in [-0.4, -0.2) is 65.3 Å². The number of carbonyl (C=O) groups is 1. The lowest BCUT2D eigenvalue weighted by atomic mass is 9.92. The number of carbonyl (C=O) groups excluding carboxylic acids is 1. The van der Waals surface area contributed by atoms with Crippen molar-refractivity contribution in [3.05, 3.63) is 23.4 Å². The van der Waals surface area contributed by atoms with Crippen LogP contribution in [0.1, 0.15) is 44.9 Å². The van der Waals surface area contributed by atoms with Crippen molar-refractivity contribution in [2.75, 3.05) is 26.3 Å². The normalized spacial score (nSPS) is 19.9. The van der Waals surface area contributed by atoms with Gasteiger partial charge in [-0.15, -0.1) is 0 Å². The number of hydrogen-bond acceptors (Lipinski definition) is 6. The minimum atomic E-state index is -4.43. The number of amides is 1. The highest BCUT2D eigenvalue weighted by Gasteiger charge is 2.40. The smallest absolute Gasteiger partial charge is 0.410 e. The van der Waals surface area contributed by atoms with Gasteiger partial charge in [0.25, 0.3) is 0 Å². The van der Waals surface area contributed by atoms with E-state index in [-0.39, 0.29) is 30.9 Å². The molecular formula is C20H27F3N2O5. The Morgan fingerprint density at radius 1 is 1.27 bits per heavy atom. The topological polar surface area (TPSA) is 81.1 Å². The number of pyridine rings is 1. The molecule has 3 heterocycles. The standard InChI is InChI=1S/C20H27F3N2O5/c1-18(2,3)30-17(26)25-6-4-15(5-7-25)29-16-9-13(19(27)11-28-12-19)8-14(24-16)10-20(21,22)23/h8-9,15,27H,4-7,10-12H2,1-3H3. The molecule has 1 aromatic heterocycles. The minimum Gasteiger partial charge on any atom is -0.474 e. The monoisotopic (exact) mass is 432 g/mol. The molecule has 0 unspecified atom stereocenters. The number of halogens is 3. The maximum Gasteiger partial charge on any atom is 0.410 e. The summed E-state index contributed by atoms with van der Waals surface area (Å²) in [4.78, 5) is 17.7. The molecule has 1 aromatic rings. The Morgan fingerprint density at radius 2 is 1.90 bits per heavy atom. The van der Waals surface area contributed by atoms with Crippen LogP contribution in [0.2, 0.25) is 0 Å². The molecule has 7 nitrogen and oxygen atoms in total. The van der Waals surface area contributed by atoms with Crippen molar-refractivity contribution in [2.24, 2.45) is 0 Å². The van der Waals surface area contributed by atoms with Crippen molar-refractivity contribution in [2.45, 2.75) is 63.5 Å². The number of aromatic nitrogens is 1. The fraction of sp³-hybridized carbons (Fsp3) is 0.700. The lowest BCUT2D eigenvalue weighted by molar-refractivity contribution is -0.184. The van der Waals surface area contributed by atoms with E-state index in [0.29, 0.717) is 31.5 Å². The first-order valence-corrected chi connectivity index (χ1v) is 9.86. The minimum absolute atomic E-state index is 0.0101. The average molecular weight is 432 g/mol. The highest BCUT2D eigenvalue weighted by molar-refractivity contribution is 5.68. The lowest BCUT2D eigenvalue weighted by Crippen LogP contribution is -2.46. The summed E-state index contributed by atoms with van der Waals surface area (Å²) in [5.74, 6) is 0.0304. The first kappa shape index (κ1) is 22.6. The molecule has 2 aliphatic rings. The third kappa shape index (κ3) is 5.98. The summed E-state index contributed by atoms with van der Waals surface area (Å²) in [7, 11) is 0. The van der Waals surface area contributed by atoms with Crippen LogP contribution in [0.15, 0.2) is 12.1 Å². The van der Waals surface area contributed by atoms with E-state index in [0.717, 1.165) is 0 Å². The number of alkyl halides is 3. The zero-order valence-corrected chi connectivity index (χ0v) is 17.3. The summed E-state index contributed by atoms with van der Waals surface area (Å²) in [5.41, 5.74) is -1.85. The quantitative estimate of drug-likeness (QED) is 0.787. The number of nitrogens with zero attached hydrogens (tertiary/aromatic N) is 2. The van der Waals surface area contributed by atoms with Crippen molar-refractivity contribution in [3.8, 4) is 5.88 Å². The summed E-state index contributed by atoms with van der Waals surface area (Å²) in [5, 5.41) is 10.5. The van der Waals surface area contributed by atoms with Crippen LogP contribution in [0.25, 0.3) is 0 Å². The largest absolute Gasteiger partial charge is 0.474 e. The van der Waals surface area contributed by atoms with E-state index in [1.54, 1.807) is 25.7 Å². The van der Waals surface area contributed by atoms with Crippen LogP contribution >= 0.6 is 0 Å².